The lowest BCUT2D eigenvalue weighted by Crippen LogP contribution is -2.15. The number of benzene rings is 1. The second-order valence-electron chi connectivity index (χ2n) is 3.69. The van der Waals surface area contributed by atoms with Crippen LogP contribution in [0.3, 0.4) is 0 Å². The molecule has 1 N–H and O–H groups in total. The van der Waals surface area contributed by atoms with E-state index >= 15 is 0 Å². The molecule has 4 heteroatoms. The molecule has 1 rings (SSSR count). The number of hydrogen-bond donors (Lipinski definition) is 1. The Morgan fingerprint density at radius 2 is 1.59 bits per heavy atom. The van der Waals surface area contributed by atoms with Crippen LogP contribution in [-0.4, -0.2) is 27.9 Å². The molecule has 0 aromatic heterocycles. The van der Waals surface area contributed by atoms with Gasteiger partial charge < -0.3 is 19.5 Å². The van der Waals surface area contributed by atoms with E-state index in [9.17, 15) is 0 Å². The van der Waals surface area contributed by atoms with Gasteiger partial charge in [-0.25, -0.2) is 0 Å². The first kappa shape index (κ1) is 13.6. The van der Waals surface area contributed by atoms with Crippen LogP contribution in [-0.2, 0) is 6.54 Å². The van der Waals surface area contributed by atoms with E-state index in [1.807, 2.05) is 12.1 Å². The Labute approximate surface area is 103 Å². The van der Waals surface area contributed by atoms with Gasteiger partial charge in [-0.1, -0.05) is 6.92 Å². The maximum absolute atomic E-state index is 5.36. The number of ether oxygens (including phenoxy) is 3. The first-order chi connectivity index (χ1) is 8.26. The molecule has 0 saturated carbocycles. The summed E-state index contributed by atoms with van der Waals surface area (Å²) < 4.78 is 15.9. The number of nitrogens with one attached hydrogen (secondary N) is 1. The SMILES string of the molecule is CCCNCc1c(OC)cc(OC)cc1OC. The zero-order chi connectivity index (χ0) is 12.7. The van der Waals surface area contributed by atoms with Crippen molar-refractivity contribution in [3.63, 3.8) is 0 Å². The maximum atomic E-state index is 5.36. The summed E-state index contributed by atoms with van der Waals surface area (Å²) in [5, 5.41) is 3.34. The molecule has 0 spiro atoms. The van der Waals surface area contributed by atoms with E-state index in [1.54, 1.807) is 21.3 Å². The van der Waals surface area contributed by atoms with Crippen molar-refractivity contribution in [2.24, 2.45) is 0 Å². The Hall–Kier alpha value is -1.42. The van der Waals surface area contributed by atoms with E-state index in [0.29, 0.717) is 0 Å². The fraction of sp³-hybridized carbons (Fsp3) is 0.538. The van der Waals surface area contributed by atoms with Gasteiger partial charge in [0.1, 0.15) is 17.2 Å². The van der Waals surface area contributed by atoms with Crippen LogP contribution >= 0.6 is 0 Å². The quantitative estimate of drug-likeness (QED) is 0.741. The standard InChI is InChI=1S/C13H21NO3/c1-5-6-14-9-11-12(16-3)7-10(15-2)8-13(11)17-4/h7-8,14H,5-6,9H2,1-4H3. The van der Waals surface area contributed by atoms with Gasteiger partial charge in [0.2, 0.25) is 0 Å². The van der Waals surface area contributed by atoms with Crippen molar-refractivity contribution in [2.75, 3.05) is 27.9 Å². The molecule has 1 aromatic carbocycles. The summed E-state index contributed by atoms with van der Waals surface area (Å²) in [5.74, 6) is 2.30. The minimum Gasteiger partial charge on any atom is -0.496 e. The number of hydrogen-bond acceptors (Lipinski definition) is 4. The van der Waals surface area contributed by atoms with E-state index in [2.05, 4.69) is 12.2 Å². The van der Waals surface area contributed by atoms with Crippen molar-refractivity contribution in [1.82, 2.24) is 5.32 Å². The predicted octanol–water partition coefficient (Wildman–Crippen LogP) is 2.21. The highest BCUT2D eigenvalue weighted by atomic mass is 16.5. The average Bonchev–Trinajstić information content (AvgIpc) is 2.38. The van der Waals surface area contributed by atoms with Crippen LogP contribution < -0.4 is 19.5 Å². The van der Waals surface area contributed by atoms with Gasteiger partial charge in [0.15, 0.2) is 0 Å². The summed E-state index contributed by atoms with van der Waals surface area (Å²) in [4.78, 5) is 0. The zero-order valence-electron chi connectivity index (χ0n) is 11.0. The lowest BCUT2D eigenvalue weighted by atomic mass is 10.1. The molecule has 0 amide bonds. The highest BCUT2D eigenvalue weighted by molar-refractivity contribution is 5.50. The third-order valence-electron chi connectivity index (χ3n) is 2.55. The monoisotopic (exact) mass is 239 g/mol. The predicted molar refractivity (Wildman–Crippen MR) is 68.1 cm³/mol. The normalized spacial score (nSPS) is 10.1. The van der Waals surface area contributed by atoms with E-state index in [0.717, 1.165) is 42.3 Å². The van der Waals surface area contributed by atoms with E-state index in [1.165, 1.54) is 0 Å². The summed E-state index contributed by atoms with van der Waals surface area (Å²) in [6.07, 6.45) is 1.10. The van der Waals surface area contributed by atoms with Gasteiger partial charge in [-0.15, -0.1) is 0 Å². The Morgan fingerprint density at radius 3 is 2.00 bits per heavy atom. The number of rotatable bonds is 7. The largest absolute Gasteiger partial charge is 0.496 e. The van der Waals surface area contributed by atoms with Crippen LogP contribution in [0.2, 0.25) is 0 Å². The molecule has 0 unspecified atom stereocenters. The molecule has 0 aliphatic rings. The molecule has 4 nitrogen and oxygen atoms in total. The van der Waals surface area contributed by atoms with E-state index in [4.69, 9.17) is 14.2 Å². The second kappa shape index (κ2) is 7.01. The molecular weight excluding hydrogens is 218 g/mol. The first-order valence-electron chi connectivity index (χ1n) is 5.76. The van der Waals surface area contributed by atoms with E-state index < -0.39 is 0 Å². The third kappa shape index (κ3) is 3.53. The molecule has 0 bridgehead atoms. The average molecular weight is 239 g/mol. The molecule has 0 heterocycles. The third-order valence-corrected chi connectivity index (χ3v) is 2.55. The van der Waals surface area contributed by atoms with Gasteiger partial charge in [0.05, 0.1) is 26.9 Å². The molecule has 0 atom stereocenters. The minimum absolute atomic E-state index is 0.726. The Morgan fingerprint density at radius 1 is 1.00 bits per heavy atom. The van der Waals surface area contributed by atoms with Crippen molar-refractivity contribution in [3.05, 3.63) is 17.7 Å². The highest BCUT2D eigenvalue weighted by Crippen LogP contribution is 2.33. The Kier molecular flexibility index (Phi) is 5.63. The lowest BCUT2D eigenvalue weighted by molar-refractivity contribution is 0.366. The van der Waals surface area contributed by atoms with Crippen LogP contribution in [0, 0.1) is 0 Å². The molecule has 17 heavy (non-hydrogen) atoms. The van der Waals surface area contributed by atoms with Crippen LogP contribution in [0.15, 0.2) is 12.1 Å². The molecule has 96 valence electrons. The Bertz CT molecular complexity index is 328. The first-order valence-corrected chi connectivity index (χ1v) is 5.76. The second-order valence-corrected chi connectivity index (χ2v) is 3.69. The van der Waals surface area contributed by atoms with Crippen LogP contribution in [0.25, 0.3) is 0 Å². The van der Waals surface area contributed by atoms with Gasteiger partial charge in [0, 0.05) is 18.7 Å². The van der Waals surface area contributed by atoms with Crippen molar-refractivity contribution in [2.45, 2.75) is 19.9 Å². The maximum Gasteiger partial charge on any atom is 0.130 e. The van der Waals surface area contributed by atoms with E-state index in [-0.39, 0.29) is 0 Å². The van der Waals surface area contributed by atoms with Crippen LogP contribution in [0.1, 0.15) is 18.9 Å². The molecule has 0 aliphatic heterocycles. The smallest absolute Gasteiger partial charge is 0.130 e. The highest BCUT2D eigenvalue weighted by Gasteiger charge is 2.12. The molecule has 0 aliphatic carbocycles. The molecular formula is C13H21NO3. The molecule has 1 aromatic rings. The summed E-state index contributed by atoms with van der Waals surface area (Å²) in [6, 6.07) is 3.73. The molecule has 0 saturated heterocycles. The summed E-state index contributed by atoms with van der Waals surface area (Å²) in [6.45, 7) is 3.83. The van der Waals surface area contributed by atoms with Gasteiger partial charge in [-0.05, 0) is 13.0 Å². The summed E-state index contributed by atoms with van der Waals surface area (Å²) in [7, 11) is 4.93. The molecule has 0 fully saturated rings. The van der Waals surface area contributed by atoms with Crippen molar-refractivity contribution in [1.29, 1.82) is 0 Å². The fourth-order valence-corrected chi connectivity index (χ4v) is 1.64. The topological polar surface area (TPSA) is 39.7 Å². The van der Waals surface area contributed by atoms with Crippen LogP contribution in [0.4, 0.5) is 0 Å². The van der Waals surface area contributed by atoms with Crippen molar-refractivity contribution in [3.8, 4) is 17.2 Å². The van der Waals surface area contributed by atoms with Gasteiger partial charge >= 0.3 is 0 Å². The Balaban J connectivity index is 2.98. The summed E-state index contributed by atoms with van der Waals surface area (Å²) in [5.41, 5.74) is 1.02. The van der Waals surface area contributed by atoms with Gasteiger partial charge in [0.25, 0.3) is 0 Å². The van der Waals surface area contributed by atoms with Crippen molar-refractivity contribution >= 4 is 0 Å². The molecule has 0 radical (unpaired) electrons. The fourth-order valence-electron chi connectivity index (χ4n) is 1.64. The van der Waals surface area contributed by atoms with Crippen molar-refractivity contribution < 1.29 is 14.2 Å². The zero-order valence-corrected chi connectivity index (χ0v) is 11.0. The number of methoxy groups -OCH3 is 3. The minimum atomic E-state index is 0.726. The van der Waals surface area contributed by atoms with Gasteiger partial charge in [-0.2, -0.15) is 0 Å². The lowest BCUT2D eigenvalue weighted by Gasteiger charge is -2.15. The van der Waals surface area contributed by atoms with Crippen LogP contribution in [0.5, 0.6) is 17.2 Å². The summed E-state index contributed by atoms with van der Waals surface area (Å²) >= 11 is 0. The van der Waals surface area contributed by atoms with Gasteiger partial charge in [-0.3, -0.25) is 0 Å².